The average Bonchev–Trinajstić information content (AvgIpc) is 2.59. The third-order valence-corrected chi connectivity index (χ3v) is 3.76. The minimum atomic E-state index is 0.372. The summed E-state index contributed by atoms with van der Waals surface area (Å²) < 4.78 is 4.99. The van der Waals surface area contributed by atoms with Gasteiger partial charge in [0.1, 0.15) is 10.9 Å². The molecule has 2 rings (SSSR count). The maximum absolute atomic E-state index is 5.87. The molecule has 1 aromatic heterocycles. The van der Waals surface area contributed by atoms with Gasteiger partial charge >= 0.3 is 0 Å². The summed E-state index contributed by atoms with van der Waals surface area (Å²) in [5.74, 6) is 0.738. The van der Waals surface area contributed by atoms with Crippen LogP contribution >= 0.6 is 34.8 Å². The van der Waals surface area contributed by atoms with Crippen molar-refractivity contribution in [3.63, 3.8) is 0 Å². The zero-order valence-electron chi connectivity index (χ0n) is 14.9. The number of benzene rings is 1. The monoisotopic (exact) mass is 377 g/mol. The Morgan fingerprint density at radius 3 is 1.74 bits per heavy atom. The highest BCUT2D eigenvalue weighted by Gasteiger charge is 2.00. The Bertz CT molecular complexity index is 540. The summed E-state index contributed by atoms with van der Waals surface area (Å²) in [5, 5.41) is 1.61. The molecule has 1 heterocycles. The number of hydrogen-bond acceptors (Lipinski definition) is 2. The maximum Gasteiger partial charge on any atom is 0.147 e. The number of methoxy groups -OCH3 is 1. The normalized spacial score (nSPS) is 8.43. The summed E-state index contributed by atoms with van der Waals surface area (Å²) in [6.45, 7) is 11.8. The number of halogens is 3. The predicted molar refractivity (Wildman–Crippen MR) is 104 cm³/mol. The molecule has 5 heteroatoms. The number of hydrogen-bond donors (Lipinski definition) is 0. The number of pyridine rings is 1. The van der Waals surface area contributed by atoms with E-state index in [2.05, 4.69) is 4.98 Å². The molecular weight excluding hydrogens is 353 g/mol. The smallest absolute Gasteiger partial charge is 0.147 e. The van der Waals surface area contributed by atoms with E-state index >= 15 is 0 Å². The van der Waals surface area contributed by atoms with Crippen molar-refractivity contribution in [3.05, 3.63) is 56.8 Å². The van der Waals surface area contributed by atoms with E-state index in [1.807, 2.05) is 65.8 Å². The Morgan fingerprint density at radius 2 is 1.35 bits per heavy atom. The van der Waals surface area contributed by atoms with Gasteiger partial charge in [0.15, 0.2) is 0 Å². The summed E-state index contributed by atoms with van der Waals surface area (Å²) in [4.78, 5) is 3.77. The summed E-state index contributed by atoms with van der Waals surface area (Å²) >= 11 is 17.1. The standard InChI is InChI=1S/C8H9ClO.C6H5Cl2N.2C2H6/c1-6-4-3-5-7(10-2)8(6)9;1-4-2-3-9-6(8)5(4)7;2*1-2/h3-5H,1-2H3;2-3H,1H3;2*1-2H3. The minimum absolute atomic E-state index is 0.372. The lowest BCUT2D eigenvalue weighted by atomic mass is 10.2. The van der Waals surface area contributed by atoms with E-state index in [1.54, 1.807) is 13.3 Å². The van der Waals surface area contributed by atoms with Crippen LogP contribution in [0.2, 0.25) is 15.2 Å². The number of aromatic nitrogens is 1. The first-order valence-electron chi connectivity index (χ1n) is 7.53. The molecule has 2 nitrogen and oxygen atoms in total. The van der Waals surface area contributed by atoms with Crippen LogP contribution in [-0.2, 0) is 0 Å². The van der Waals surface area contributed by atoms with Crippen molar-refractivity contribution < 1.29 is 4.74 Å². The lowest BCUT2D eigenvalue weighted by Gasteiger charge is -2.03. The number of rotatable bonds is 1. The van der Waals surface area contributed by atoms with Crippen LogP contribution in [-0.4, -0.2) is 12.1 Å². The Kier molecular flexibility index (Phi) is 15.4. The van der Waals surface area contributed by atoms with E-state index in [0.29, 0.717) is 15.2 Å². The van der Waals surface area contributed by atoms with Crippen LogP contribution in [0.3, 0.4) is 0 Å². The van der Waals surface area contributed by atoms with Crippen molar-refractivity contribution in [2.75, 3.05) is 7.11 Å². The highest BCUT2D eigenvalue weighted by molar-refractivity contribution is 6.41. The van der Waals surface area contributed by atoms with Crippen molar-refractivity contribution in [1.29, 1.82) is 0 Å². The molecule has 0 saturated carbocycles. The van der Waals surface area contributed by atoms with E-state index in [1.165, 1.54) is 0 Å². The molecule has 1 aromatic carbocycles. The molecule has 0 fully saturated rings. The van der Waals surface area contributed by atoms with Crippen LogP contribution in [0, 0.1) is 13.8 Å². The first-order chi connectivity index (χ1) is 11.0. The molecule has 0 radical (unpaired) electrons. The van der Waals surface area contributed by atoms with Gasteiger partial charge in [0, 0.05) is 6.20 Å². The third kappa shape index (κ3) is 9.04. The molecule has 0 spiro atoms. The zero-order valence-corrected chi connectivity index (χ0v) is 17.1. The summed E-state index contributed by atoms with van der Waals surface area (Å²) in [6.07, 6.45) is 1.63. The predicted octanol–water partition coefficient (Wildman–Crippen LogP) is 7.41. The SMILES string of the molecule is CC.CC.COc1cccc(C)c1Cl.Cc1ccnc(Cl)c1Cl. The lowest BCUT2D eigenvalue weighted by molar-refractivity contribution is 0.414. The topological polar surface area (TPSA) is 22.1 Å². The zero-order chi connectivity index (χ0) is 18.4. The Labute approximate surface area is 155 Å². The van der Waals surface area contributed by atoms with E-state index in [9.17, 15) is 0 Å². The second-order valence-electron chi connectivity index (χ2n) is 3.82. The van der Waals surface area contributed by atoms with Gasteiger partial charge in [-0.2, -0.15) is 0 Å². The van der Waals surface area contributed by atoms with Crippen LogP contribution in [0.5, 0.6) is 5.75 Å². The van der Waals surface area contributed by atoms with Crippen LogP contribution in [0.1, 0.15) is 38.8 Å². The molecule has 0 N–H and O–H groups in total. The quantitative estimate of drug-likeness (QED) is 0.482. The molecule has 0 aliphatic heterocycles. The lowest BCUT2D eigenvalue weighted by Crippen LogP contribution is -1.84. The Morgan fingerprint density at radius 1 is 0.826 bits per heavy atom. The molecule has 2 aromatic rings. The van der Waals surface area contributed by atoms with Crippen molar-refractivity contribution in [2.45, 2.75) is 41.5 Å². The van der Waals surface area contributed by atoms with Crippen molar-refractivity contribution in [3.8, 4) is 5.75 Å². The summed E-state index contributed by atoms with van der Waals surface area (Å²) in [7, 11) is 1.61. The Hall–Kier alpha value is -0.960. The van der Waals surface area contributed by atoms with Crippen LogP contribution in [0.25, 0.3) is 0 Å². The second kappa shape index (κ2) is 14.6. The van der Waals surface area contributed by atoms with Gasteiger partial charge in [0.2, 0.25) is 0 Å². The summed E-state index contributed by atoms with van der Waals surface area (Å²) in [5.41, 5.74) is 2.00. The third-order valence-electron chi connectivity index (χ3n) is 2.42. The molecule has 0 bridgehead atoms. The van der Waals surface area contributed by atoms with Gasteiger partial charge in [-0.15, -0.1) is 0 Å². The molecule has 0 unspecified atom stereocenters. The van der Waals surface area contributed by atoms with Crippen molar-refractivity contribution in [1.82, 2.24) is 4.98 Å². The summed E-state index contributed by atoms with van der Waals surface area (Å²) in [6, 6.07) is 7.52. The molecule has 0 aliphatic carbocycles. The fourth-order valence-corrected chi connectivity index (χ4v) is 1.81. The maximum atomic E-state index is 5.87. The first kappa shape index (κ1) is 24.3. The number of nitrogens with zero attached hydrogens (tertiary/aromatic N) is 1. The van der Waals surface area contributed by atoms with Gasteiger partial charge in [0.25, 0.3) is 0 Å². The second-order valence-corrected chi connectivity index (χ2v) is 4.94. The van der Waals surface area contributed by atoms with Gasteiger partial charge in [-0.25, -0.2) is 4.98 Å². The minimum Gasteiger partial charge on any atom is -0.495 e. The van der Waals surface area contributed by atoms with Gasteiger partial charge in [-0.1, -0.05) is 74.6 Å². The van der Waals surface area contributed by atoms with Gasteiger partial charge in [-0.3, -0.25) is 0 Å². The van der Waals surface area contributed by atoms with Gasteiger partial charge in [-0.05, 0) is 37.1 Å². The highest BCUT2D eigenvalue weighted by atomic mass is 35.5. The van der Waals surface area contributed by atoms with Crippen LogP contribution in [0.15, 0.2) is 30.5 Å². The van der Waals surface area contributed by atoms with E-state index in [0.717, 1.165) is 16.9 Å². The average molecular weight is 379 g/mol. The van der Waals surface area contributed by atoms with Crippen LogP contribution in [0.4, 0.5) is 0 Å². The fraction of sp³-hybridized carbons (Fsp3) is 0.389. The van der Waals surface area contributed by atoms with Gasteiger partial charge < -0.3 is 4.74 Å². The van der Waals surface area contributed by atoms with E-state index in [4.69, 9.17) is 39.5 Å². The van der Waals surface area contributed by atoms with Crippen LogP contribution < -0.4 is 4.74 Å². The first-order valence-corrected chi connectivity index (χ1v) is 8.66. The number of ether oxygens (including phenoxy) is 1. The fourth-order valence-electron chi connectivity index (χ4n) is 1.29. The Balaban J connectivity index is 0. The van der Waals surface area contributed by atoms with E-state index < -0.39 is 0 Å². The van der Waals surface area contributed by atoms with E-state index in [-0.39, 0.29) is 0 Å². The van der Waals surface area contributed by atoms with Crippen molar-refractivity contribution in [2.24, 2.45) is 0 Å². The van der Waals surface area contributed by atoms with Crippen molar-refractivity contribution >= 4 is 34.8 Å². The largest absolute Gasteiger partial charge is 0.495 e. The molecule has 0 amide bonds. The molecule has 130 valence electrons. The molecule has 23 heavy (non-hydrogen) atoms. The molecule has 0 saturated heterocycles. The molecule has 0 aliphatic rings. The highest BCUT2D eigenvalue weighted by Crippen LogP contribution is 2.26. The molecular formula is C18H26Cl3NO. The number of aryl methyl sites for hydroxylation is 2. The van der Waals surface area contributed by atoms with Gasteiger partial charge in [0.05, 0.1) is 17.2 Å². The molecule has 0 atom stereocenters.